The van der Waals surface area contributed by atoms with Crippen molar-refractivity contribution < 1.29 is 17.9 Å². The predicted molar refractivity (Wildman–Crippen MR) is 74.3 cm³/mol. The summed E-state index contributed by atoms with van der Waals surface area (Å²) >= 11 is 3.20. The van der Waals surface area contributed by atoms with E-state index in [4.69, 9.17) is 10.5 Å². The molecular formula is C11H15BrN2O4S. The number of benzene rings is 1. The van der Waals surface area contributed by atoms with Gasteiger partial charge in [-0.3, -0.25) is 4.79 Å². The molecular weight excluding hydrogens is 336 g/mol. The van der Waals surface area contributed by atoms with E-state index in [9.17, 15) is 13.2 Å². The highest BCUT2D eigenvalue weighted by Gasteiger charge is 2.22. The number of amides is 1. The van der Waals surface area contributed by atoms with Gasteiger partial charge in [-0.25, -0.2) is 13.1 Å². The van der Waals surface area contributed by atoms with Gasteiger partial charge < -0.3 is 10.5 Å². The van der Waals surface area contributed by atoms with Crippen LogP contribution in [0.2, 0.25) is 0 Å². The molecule has 0 heterocycles. The third kappa shape index (κ3) is 4.48. The molecule has 19 heavy (non-hydrogen) atoms. The first kappa shape index (κ1) is 15.9. The molecule has 0 saturated heterocycles. The van der Waals surface area contributed by atoms with Crippen molar-refractivity contribution in [3.05, 3.63) is 22.7 Å². The Morgan fingerprint density at radius 3 is 2.68 bits per heavy atom. The number of methoxy groups -OCH3 is 1. The lowest BCUT2D eigenvalue weighted by atomic mass is 10.2. The SMILES string of the molecule is COc1ccc(Br)cc1S(=O)(=O)NC(C)CC(N)=O. The van der Waals surface area contributed by atoms with Gasteiger partial charge in [0, 0.05) is 16.9 Å². The molecule has 1 atom stereocenters. The lowest BCUT2D eigenvalue weighted by Crippen LogP contribution is -2.35. The average Bonchev–Trinajstić information content (AvgIpc) is 2.26. The molecule has 1 unspecified atom stereocenters. The first-order valence-corrected chi connectivity index (χ1v) is 7.68. The van der Waals surface area contributed by atoms with E-state index in [0.29, 0.717) is 4.47 Å². The summed E-state index contributed by atoms with van der Waals surface area (Å²) in [6.07, 6.45) is -0.0739. The molecule has 0 aliphatic rings. The number of carbonyl (C=O) groups excluding carboxylic acids is 1. The van der Waals surface area contributed by atoms with Gasteiger partial charge in [0.15, 0.2) is 0 Å². The van der Waals surface area contributed by atoms with Gasteiger partial charge in [0.05, 0.1) is 7.11 Å². The van der Waals surface area contributed by atoms with Crippen molar-refractivity contribution in [3.8, 4) is 5.75 Å². The van der Waals surface area contributed by atoms with E-state index < -0.39 is 22.0 Å². The molecule has 1 rings (SSSR count). The number of nitrogens with one attached hydrogen (secondary N) is 1. The van der Waals surface area contributed by atoms with Crippen LogP contribution in [0.3, 0.4) is 0 Å². The predicted octanol–water partition coefficient (Wildman–Crippen LogP) is 1.000. The van der Waals surface area contributed by atoms with Gasteiger partial charge in [-0.05, 0) is 25.1 Å². The summed E-state index contributed by atoms with van der Waals surface area (Å²) in [6, 6.07) is 4.05. The van der Waals surface area contributed by atoms with E-state index in [1.54, 1.807) is 13.0 Å². The number of halogens is 1. The van der Waals surface area contributed by atoms with Crippen LogP contribution in [0.15, 0.2) is 27.6 Å². The van der Waals surface area contributed by atoms with Crippen LogP contribution in [0.25, 0.3) is 0 Å². The fraction of sp³-hybridized carbons (Fsp3) is 0.364. The topological polar surface area (TPSA) is 98.5 Å². The molecule has 0 aliphatic heterocycles. The number of rotatable bonds is 6. The summed E-state index contributed by atoms with van der Waals surface area (Å²) in [5.74, 6) is -0.349. The molecule has 0 fully saturated rings. The molecule has 0 bridgehead atoms. The van der Waals surface area contributed by atoms with Crippen LogP contribution in [-0.4, -0.2) is 27.5 Å². The molecule has 106 valence electrons. The Bertz CT molecular complexity index is 574. The number of nitrogens with two attached hydrogens (primary N) is 1. The van der Waals surface area contributed by atoms with E-state index in [2.05, 4.69) is 20.7 Å². The minimum absolute atomic E-state index is 0.000644. The highest BCUT2D eigenvalue weighted by molar-refractivity contribution is 9.10. The van der Waals surface area contributed by atoms with E-state index >= 15 is 0 Å². The zero-order valence-electron chi connectivity index (χ0n) is 10.5. The minimum Gasteiger partial charge on any atom is -0.495 e. The van der Waals surface area contributed by atoms with Crippen LogP contribution in [0.5, 0.6) is 5.75 Å². The maximum atomic E-state index is 12.2. The molecule has 1 aromatic rings. The zero-order chi connectivity index (χ0) is 14.6. The summed E-state index contributed by atoms with van der Waals surface area (Å²) in [4.78, 5) is 10.8. The molecule has 0 aliphatic carbocycles. The number of hydrogen-bond acceptors (Lipinski definition) is 4. The highest BCUT2D eigenvalue weighted by Crippen LogP contribution is 2.27. The molecule has 3 N–H and O–H groups in total. The Morgan fingerprint density at radius 1 is 1.53 bits per heavy atom. The zero-order valence-corrected chi connectivity index (χ0v) is 12.9. The number of hydrogen-bond donors (Lipinski definition) is 2. The fourth-order valence-electron chi connectivity index (χ4n) is 1.53. The molecule has 0 spiro atoms. The standard InChI is InChI=1S/C11H15BrN2O4S/c1-7(5-11(13)15)14-19(16,17)10-6-8(12)3-4-9(10)18-2/h3-4,6-7,14H,5H2,1-2H3,(H2,13,15). The summed E-state index contributed by atoms with van der Waals surface area (Å²) in [5, 5.41) is 0. The van der Waals surface area contributed by atoms with Crippen LogP contribution in [-0.2, 0) is 14.8 Å². The molecule has 6 nitrogen and oxygen atoms in total. The number of sulfonamides is 1. The van der Waals surface area contributed by atoms with Gasteiger partial charge in [0.2, 0.25) is 15.9 Å². The first-order chi connectivity index (χ1) is 8.76. The van der Waals surface area contributed by atoms with Crippen molar-refractivity contribution >= 4 is 31.9 Å². The quantitative estimate of drug-likeness (QED) is 0.799. The monoisotopic (exact) mass is 350 g/mol. The van der Waals surface area contributed by atoms with Gasteiger partial charge in [0.1, 0.15) is 10.6 Å². The van der Waals surface area contributed by atoms with Crippen molar-refractivity contribution in [1.29, 1.82) is 0 Å². The summed E-state index contributed by atoms with van der Waals surface area (Å²) < 4.78 is 32.4. The Labute approximate surface area is 120 Å². The third-order valence-electron chi connectivity index (χ3n) is 2.28. The molecule has 0 saturated carbocycles. The molecule has 1 aromatic carbocycles. The van der Waals surface area contributed by atoms with Gasteiger partial charge in [0.25, 0.3) is 0 Å². The van der Waals surface area contributed by atoms with Gasteiger partial charge in [-0.15, -0.1) is 0 Å². The maximum Gasteiger partial charge on any atom is 0.244 e. The fourth-order valence-corrected chi connectivity index (χ4v) is 3.48. The van der Waals surface area contributed by atoms with Crippen LogP contribution in [0.4, 0.5) is 0 Å². The lowest BCUT2D eigenvalue weighted by molar-refractivity contribution is -0.118. The second kappa shape index (κ2) is 6.36. The Hall–Kier alpha value is -1.12. The smallest absolute Gasteiger partial charge is 0.244 e. The average molecular weight is 351 g/mol. The van der Waals surface area contributed by atoms with Gasteiger partial charge in [-0.1, -0.05) is 15.9 Å². The van der Waals surface area contributed by atoms with Crippen LogP contribution in [0.1, 0.15) is 13.3 Å². The first-order valence-electron chi connectivity index (χ1n) is 5.40. The Morgan fingerprint density at radius 2 is 2.16 bits per heavy atom. The van der Waals surface area contributed by atoms with Gasteiger partial charge in [-0.2, -0.15) is 0 Å². The third-order valence-corrected chi connectivity index (χ3v) is 4.38. The lowest BCUT2D eigenvalue weighted by Gasteiger charge is -2.15. The van der Waals surface area contributed by atoms with Crippen LogP contribution < -0.4 is 15.2 Å². The summed E-state index contributed by atoms with van der Waals surface area (Å²) in [6.45, 7) is 1.56. The number of primary amides is 1. The number of ether oxygens (including phenoxy) is 1. The molecule has 8 heteroatoms. The minimum atomic E-state index is -3.78. The van der Waals surface area contributed by atoms with Crippen molar-refractivity contribution in [1.82, 2.24) is 4.72 Å². The van der Waals surface area contributed by atoms with E-state index in [-0.39, 0.29) is 17.1 Å². The van der Waals surface area contributed by atoms with Crippen molar-refractivity contribution in [2.45, 2.75) is 24.3 Å². The normalized spacial score (nSPS) is 13.0. The van der Waals surface area contributed by atoms with E-state index in [1.165, 1.54) is 19.2 Å². The van der Waals surface area contributed by atoms with Gasteiger partial charge >= 0.3 is 0 Å². The maximum absolute atomic E-state index is 12.2. The highest BCUT2D eigenvalue weighted by atomic mass is 79.9. The Balaban J connectivity index is 3.06. The second-order valence-corrected chi connectivity index (χ2v) is 6.59. The summed E-state index contributed by atoms with van der Waals surface area (Å²) in [7, 11) is -2.40. The second-order valence-electron chi connectivity index (χ2n) is 3.99. The van der Waals surface area contributed by atoms with E-state index in [1.807, 2.05) is 0 Å². The van der Waals surface area contributed by atoms with Crippen molar-refractivity contribution in [2.24, 2.45) is 5.73 Å². The number of carbonyl (C=O) groups is 1. The van der Waals surface area contributed by atoms with E-state index in [0.717, 1.165) is 0 Å². The largest absolute Gasteiger partial charge is 0.495 e. The summed E-state index contributed by atoms with van der Waals surface area (Å²) in [5.41, 5.74) is 5.03. The van der Waals surface area contributed by atoms with Crippen LogP contribution in [0, 0.1) is 0 Å². The molecule has 0 radical (unpaired) electrons. The molecule has 1 amide bonds. The molecule has 0 aromatic heterocycles. The van der Waals surface area contributed by atoms with Crippen LogP contribution >= 0.6 is 15.9 Å². The van der Waals surface area contributed by atoms with Crippen molar-refractivity contribution in [2.75, 3.05) is 7.11 Å². The van der Waals surface area contributed by atoms with Crippen molar-refractivity contribution in [3.63, 3.8) is 0 Å². The Kier molecular flexibility index (Phi) is 5.33.